The van der Waals surface area contributed by atoms with Crippen molar-refractivity contribution in [3.63, 3.8) is 0 Å². The molecule has 10 aliphatic rings. The van der Waals surface area contributed by atoms with E-state index in [1.165, 1.54) is 0 Å². The van der Waals surface area contributed by atoms with Crippen molar-refractivity contribution in [3.05, 3.63) is 35.7 Å². The van der Waals surface area contributed by atoms with Gasteiger partial charge in [-0.05, 0) is 83.1 Å². The van der Waals surface area contributed by atoms with Gasteiger partial charge in [-0.15, -0.1) is 15.7 Å². The molecule has 388 valence electrons. The normalized spacial score (nSPS) is 42.0. The standard InChI is InChI=1S/C45H68N10O15/c1-40(2)59-28-25(56-37-34(31(28)62-40)65-43(7,8)68-37)19-53-16-22(46-49-53)13-52(14-23-17-54(50-47-23)20-26-29-32(63-41(3,4)60-29)35-38(57-26)69-44(9,10)66-35)15-24-18-55(51-48-24)21-27-30-33(64-42(5,6)61-30)36-39(58-27)70-45(11,12)67-36/h16-18,25-39,46,49H,13-15,19-21H2,1-12H3/t25?,26?,27?,28-,29-,30-,31?,32-,33?,34-,35?,36-,37+,38+,39+/m0/s1. The van der Waals surface area contributed by atoms with Gasteiger partial charge in [0.25, 0.3) is 0 Å². The summed E-state index contributed by atoms with van der Waals surface area (Å²) < 4.78 is 98.4. The molecular weight excluding hydrogens is 921 g/mol. The molecule has 0 spiro atoms. The first-order valence-corrected chi connectivity index (χ1v) is 24.5. The third-order valence-corrected chi connectivity index (χ3v) is 13.9. The second-order valence-corrected chi connectivity index (χ2v) is 22.7. The third-order valence-electron chi connectivity index (χ3n) is 13.9. The number of ether oxygens (including phenoxy) is 15. The van der Waals surface area contributed by atoms with Crippen molar-refractivity contribution in [2.24, 2.45) is 0 Å². The van der Waals surface area contributed by atoms with Crippen LogP contribution in [0.5, 0.6) is 0 Å². The van der Waals surface area contributed by atoms with Crippen molar-refractivity contribution in [3.8, 4) is 0 Å². The molecule has 6 unspecified atom stereocenters. The Hall–Kier alpha value is -3.06. The fourth-order valence-corrected chi connectivity index (χ4v) is 11.5. The first-order valence-electron chi connectivity index (χ1n) is 24.5. The van der Waals surface area contributed by atoms with Gasteiger partial charge in [-0.3, -0.25) is 9.91 Å². The van der Waals surface area contributed by atoms with Crippen molar-refractivity contribution >= 4 is 0 Å². The Labute approximate surface area is 406 Å². The Kier molecular flexibility index (Phi) is 11.4. The summed E-state index contributed by atoms with van der Waals surface area (Å²) in [4.78, 5) is 2.20. The fourth-order valence-electron chi connectivity index (χ4n) is 11.5. The van der Waals surface area contributed by atoms with Crippen molar-refractivity contribution in [1.29, 1.82) is 0 Å². The molecular formula is C45H68N10O15. The van der Waals surface area contributed by atoms with Crippen LogP contribution >= 0.6 is 0 Å². The maximum absolute atomic E-state index is 6.52. The zero-order valence-electron chi connectivity index (χ0n) is 41.8. The Balaban J connectivity index is 0.758. The largest absolute Gasteiger partial charge is 0.342 e. The van der Waals surface area contributed by atoms with Crippen LogP contribution in [0.25, 0.3) is 0 Å². The quantitative estimate of drug-likeness (QED) is 0.305. The summed E-state index contributed by atoms with van der Waals surface area (Å²) in [6.45, 7) is 25.0. The number of hydrazine groups is 2. The van der Waals surface area contributed by atoms with Gasteiger partial charge in [0.05, 0.1) is 36.7 Å². The molecule has 15 atom stereocenters. The molecule has 0 saturated carbocycles. The smallest absolute Gasteiger partial charge is 0.190 e. The third kappa shape index (κ3) is 9.41. The van der Waals surface area contributed by atoms with Crippen LogP contribution in [-0.4, -0.2) is 180 Å². The van der Waals surface area contributed by atoms with E-state index in [9.17, 15) is 0 Å². The highest BCUT2D eigenvalue weighted by atomic mass is 16.9. The summed E-state index contributed by atoms with van der Waals surface area (Å²) in [5.74, 6) is -4.94. The maximum atomic E-state index is 6.52. The van der Waals surface area contributed by atoms with Crippen molar-refractivity contribution in [1.82, 2.24) is 50.9 Å². The first-order chi connectivity index (χ1) is 32.9. The Morgan fingerprint density at radius 2 is 0.786 bits per heavy atom. The zero-order chi connectivity index (χ0) is 48.9. The van der Waals surface area contributed by atoms with E-state index in [0.717, 1.165) is 17.1 Å². The van der Waals surface area contributed by atoms with Gasteiger partial charge in [-0.1, -0.05) is 10.4 Å². The van der Waals surface area contributed by atoms with E-state index in [4.69, 9.17) is 71.1 Å². The molecule has 2 N–H and O–H groups in total. The topological polar surface area (TPSA) is 230 Å². The number of nitrogens with one attached hydrogen (secondary N) is 2. The van der Waals surface area contributed by atoms with Crippen molar-refractivity contribution < 1.29 is 71.1 Å². The number of fused-ring (bicyclic) bond motifs is 9. The number of hydrogen-bond acceptors (Lipinski definition) is 23. The van der Waals surface area contributed by atoms with Gasteiger partial charge in [0.2, 0.25) is 0 Å². The van der Waals surface area contributed by atoms with E-state index in [1.54, 1.807) is 9.36 Å². The van der Waals surface area contributed by atoms with E-state index in [-0.39, 0.29) is 24.4 Å². The lowest BCUT2D eigenvalue weighted by Gasteiger charge is -2.38. The van der Waals surface area contributed by atoms with Crippen molar-refractivity contribution in [2.75, 3.05) is 13.1 Å². The summed E-state index contributed by atoms with van der Waals surface area (Å²) in [6.07, 6.45) is -0.921. The minimum absolute atomic E-state index is 0.348. The minimum atomic E-state index is -0.829. The summed E-state index contributed by atoms with van der Waals surface area (Å²) in [7, 11) is 0. The Morgan fingerprint density at radius 3 is 1.19 bits per heavy atom. The predicted molar refractivity (Wildman–Crippen MR) is 233 cm³/mol. The average molecular weight is 989 g/mol. The van der Waals surface area contributed by atoms with Gasteiger partial charge in [0, 0.05) is 38.2 Å². The molecule has 0 aliphatic carbocycles. The molecule has 25 nitrogen and oxygen atoms in total. The van der Waals surface area contributed by atoms with Crippen LogP contribution in [0.15, 0.2) is 24.3 Å². The van der Waals surface area contributed by atoms with Crippen LogP contribution < -0.4 is 11.0 Å². The Bertz CT molecular complexity index is 2200. The molecule has 0 bridgehead atoms. The van der Waals surface area contributed by atoms with Crippen molar-refractivity contribution in [2.45, 2.75) is 236 Å². The van der Waals surface area contributed by atoms with Gasteiger partial charge in [0.15, 0.2) is 53.6 Å². The molecule has 25 heteroatoms. The monoisotopic (exact) mass is 988 g/mol. The van der Waals surface area contributed by atoms with Crippen LogP contribution in [0.1, 0.15) is 94.5 Å². The number of aromatic nitrogens is 6. The molecule has 70 heavy (non-hydrogen) atoms. The minimum Gasteiger partial charge on any atom is -0.342 e. The van der Waals surface area contributed by atoms with E-state index >= 15 is 0 Å². The molecule has 0 radical (unpaired) electrons. The van der Waals surface area contributed by atoms with Gasteiger partial charge >= 0.3 is 0 Å². The van der Waals surface area contributed by atoms with Crippen LogP contribution in [0, 0.1) is 0 Å². The number of rotatable bonds is 12. The van der Waals surface area contributed by atoms with E-state index < -0.39 is 102 Å². The SMILES string of the molecule is CC1(C)OC2[C@H](OC(Cn3cc(CN(CC4=CN(CC5O[C@@H]6OC(C)(C)O[C@H]6C6OC(C)(C)O[C@@H]56)NN4)Cc4cn(CC5O[C@@H]6OC(C)(C)O[C@H]6C6OC(C)(C)O[C@@H]56)nn4)nn3)[C@@H]3OC(C)(C)O[C@H]23)O1. The summed E-state index contributed by atoms with van der Waals surface area (Å²) in [5.41, 5.74) is 8.99. The molecule has 12 heterocycles. The lowest BCUT2D eigenvalue weighted by Crippen LogP contribution is -2.58. The highest BCUT2D eigenvalue weighted by molar-refractivity contribution is 5.09. The molecule has 9 fully saturated rings. The van der Waals surface area contributed by atoms with Crippen LogP contribution in [0.2, 0.25) is 0 Å². The van der Waals surface area contributed by atoms with Gasteiger partial charge in [0.1, 0.15) is 73.2 Å². The molecule has 2 aromatic heterocycles. The van der Waals surface area contributed by atoms with Crippen LogP contribution in [0.4, 0.5) is 0 Å². The lowest BCUT2D eigenvalue weighted by atomic mass is 9.99. The average Bonchev–Trinajstić information content (AvgIpc) is 4.10. The highest BCUT2D eigenvalue weighted by Crippen LogP contribution is 2.47. The van der Waals surface area contributed by atoms with E-state index in [0.29, 0.717) is 39.3 Å². The van der Waals surface area contributed by atoms with Gasteiger partial charge in [-0.2, -0.15) is 0 Å². The Morgan fingerprint density at radius 1 is 0.443 bits per heavy atom. The zero-order valence-corrected chi connectivity index (χ0v) is 41.8. The van der Waals surface area contributed by atoms with Crippen LogP contribution in [0.3, 0.4) is 0 Å². The number of hydrogen-bond donors (Lipinski definition) is 2. The first kappa shape index (κ1) is 47.9. The second kappa shape index (κ2) is 16.7. The number of nitrogens with zero attached hydrogens (tertiary/aromatic N) is 8. The lowest BCUT2D eigenvalue weighted by molar-refractivity contribution is -0.237. The maximum Gasteiger partial charge on any atom is 0.190 e. The van der Waals surface area contributed by atoms with Crippen LogP contribution in [-0.2, 0) is 97.2 Å². The molecule has 2 aromatic rings. The van der Waals surface area contributed by atoms with Gasteiger partial charge in [-0.25, -0.2) is 9.36 Å². The van der Waals surface area contributed by atoms with Gasteiger partial charge < -0.3 is 76.5 Å². The predicted octanol–water partition coefficient (Wildman–Crippen LogP) is 1.23. The molecule has 0 amide bonds. The summed E-state index contributed by atoms with van der Waals surface area (Å²) in [5, 5.41) is 20.3. The highest BCUT2D eigenvalue weighted by Gasteiger charge is 2.64. The molecule has 9 saturated heterocycles. The summed E-state index contributed by atoms with van der Waals surface area (Å²) in [6, 6.07) is 0. The van der Waals surface area contributed by atoms with E-state index in [1.807, 2.05) is 107 Å². The molecule has 0 aromatic carbocycles. The second-order valence-electron chi connectivity index (χ2n) is 22.7. The summed E-state index contributed by atoms with van der Waals surface area (Å²) >= 11 is 0. The fraction of sp³-hybridized carbons (Fsp3) is 0.867. The van der Waals surface area contributed by atoms with E-state index in [2.05, 4.69) is 36.5 Å². The molecule has 10 aliphatic heterocycles. The molecule has 12 rings (SSSR count).